The molecule has 4 heteroatoms. The molecule has 4 nitrogen and oxygen atoms in total. The van der Waals surface area contributed by atoms with Crippen LogP contribution >= 0.6 is 0 Å². The molecule has 0 aliphatic heterocycles. The van der Waals surface area contributed by atoms with Crippen molar-refractivity contribution < 1.29 is 9.53 Å². The van der Waals surface area contributed by atoms with Crippen LogP contribution in [0.2, 0.25) is 0 Å². The summed E-state index contributed by atoms with van der Waals surface area (Å²) < 4.78 is 5.50. The number of amides is 1. The van der Waals surface area contributed by atoms with E-state index in [9.17, 15) is 4.79 Å². The van der Waals surface area contributed by atoms with Crippen LogP contribution in [0.25, 0.3) is 10.9 Å². The molecule has 0 bridgehead atoms. The van der Waals surface area contributed by atoms with Gasteiger partial charge in [-0.2, -0.15) is 0 Å². The van der Waals surface area contributed by atoms with Gasteiger partial charge in [-0.1, -0.05) is 13.3 Å². The largest absolute Gasteiger partial charge is 0.484 e. The maximum atomic E-state index is 11.7. The third-order valence-corrected chi connectivity index (χ3v) is 3.02. The van der Waals surface area contributed by atoms with E-state index in [0.29, 0.717) is 5.75 Å². The SMILES string of the molecule is CCCC(C)NC(=O)COc1ccc2[nH]ccc2c1. The summed E-state index contributed by atoms with van der Waals surface area (Å²) in [6.07, 6.45) is 3.93. The lowest BCUT2D eigenvalue weighted by Gasteiger charge is -2.13. The molecule has 1 heterocycles. The number of hydrogen-bond acceptors (Lipinski definition) is 2. The molecular weight excluding hydrogens is 240 g/mol. The molecule has 1 unspecified atom stereocenters. The lowest BCUT2D eigenvalue weighted by atomic mass is 10.2. The predicted molar refractivity (Wildman–Crippen MR) is 76.3 cm³/mol. The van der Waals surface area contributed by atoms with Crippen LogP contribution in [-0.2, 0) is 4.79 Å². The highest BCUT2D eigenvalue weighted by Crippen LogP contribution is 2.19. The molecule has 2 rings (SSSR count). The van der Waals surface area contributed by atoms with Crippen molar-refractivity contribution in [2.75, 3.05) is 6.61 Å². The van der Waals surface area contributed by atoms with Crippen molar-refractivity contribution in [2.24, 2.45) is 0 Å². The quantitative estimate of drug-likeness (QED) is 0.839. The van der Waals surface area contributed by atoms with Gasteiger partial charge >= 0.3 is 0 Å². The van der Waals surface area contributed by atoms with Crippen molar-refractivity contribution in [2.45, 2.75) is 32.7 Å². The molecule has 102 valence electrons. The molecule has 2 aromatic rings. The molecular formula is C15H20N2O2. The zero-order chi connectivity index (χ0) is 13.7. The first-order valence-electron chi connectivity index (χ1n) is 6.68. The monoisotopic (exact) mass is 260 g/mol. The minimum atomic E-state index is -0.0740. The highest BCUT2D eigenvalue weighted by atomic mass is 16.5. The Hall–Kier alpha value is -1.97. The van der Waals surface area contributed by atoms with Crippen LogP contribution in [0.1, 0.15) is 26.7 Å². The van der Waals surface area contributed by atoms with Crippen molar-refractivity contribution >= 4 is 16.8 Å². The number of carbonyl (C=O) groups excluding carboxylic acids is 1. The topological polar surface area (TPSA) is 54.1 Å². The lowest BCUT2D eigenvalue weighted by molar-refractivity contribution is -0.123. The van der Waals surface area contributed by atoms with E-state index in [-0.39, 0.29) is 18.6 Å². The first-order chi connectivity index (χ1) is 9.19. The van der Waals surface area contributed by atoms with E-state index in [1.54, 1.807) is 0 Å². The van der Waals surface area contributed by atoms with Crippen molar-refractivity contribution in [1.29, 1.82) is 0 Å². The van der Waals surface area contributed by atoms with E-state index in [2.05, 4.69) is 17.2 Å². The number of benzene rings is 1. The average molecular weight is 260 g/mol. The van der Waals surface area contributed by atoms with E-state index in [0.717, 1.165) is 23.7 Å². The number of hydrogen-bond donors (Lipinski definition) is 2. The van der Waals surface area contributed by atoms with Gasteiger partial charge in [-0.15, -0.1) is 0 Å². The van der Waals surface area contributed by atoms with Gasteiger partial charge in [0.05, 0.1) is 0 Å². The zero-order valence-electron chi connectivity index (χ0n) is 11.4. The first kappa shape index (κ1) is 13.5. The van der Waals surface area contributed by atoms with Crippen molar-refractivity contribution in [3.63, 3.8) is 0 Å². The average Bonchev–Trinajstić information content (AvgIpc) is 2.83. The summed E-state index contributed by atoms with van der Waals surface area (Å²) in [4.78, 5) is 14.8. The zero-order valence-corrected chi connectivity index (χ0v) is 11.4. The summed E-state index contributed by atoms with van der Waals surface area (Å²) in [6.45, 7) is 4.17. The van der Waals surface area contributed by atoms with Crippen LogP contribution in [0.15, 0.2) is 30.5 Å². The van der Waals surface area contributed by atoms with Crippen LogP contribution in [0, 0.1) is 0 Å². The Labute approximate surface area is 113 Å². The number of aromatic amines is 1. The van der Waals surface area contributed by atoms with Crippen molar-refractivity contribution in [3.8, 4) is 5.75 Å². The maximum absolute atomic E-state index is 11.7. The molecule has 1 aromatic heterocycles. The molecule has 0 aliphatic rings. The van der Waals surface area contributed by atoms with Crippen molar-refractivity contribution in [3.05, 3.63) is 30.5 Å². The smallest absolute Gasteiger partial charge is 0.258 e. The van der Waals surface area contributed by atoms with Gasteiger partial charge in [0.15, 0.2) is 6.61 Å². The number of fused-ring (bicyclic) bond motifs is 1. The summed E-state index contributed by atoms with van der Waals surface area (Å²) in [6, 6.07) is 7.91. The van der Waals surface area contributed by atoms with Gasteiger partial charge in [-0.05, 0) is 37.6 Å². The second-order valence-corrected chi connectivity index (χ2v) is 4.77. The molecule has 0 spiro atoms. The van der Waals surface area contributed by atoms with Gasteiger partial charge < -0.3 is 15.0 Å². The molecule has 19 heavy (non-hydrogen) atoms. The Balaban J connectivity index is 1.85. The highest BCUT2D eigenvalue weighted by Gasteiger charge is 2.07. The number of ether oxygens (including phenoxy) is 1. The van der Waals surface area contributed by atoms with Crippen LogP contribution in [0.4, 0.5) is 0 Å². The van der Waals surface area contributed by atoms with E-state index in [1.165, 1.54) is 0 Å². The fourth-order valence-corrected chi connectivity index (χ4v) is 2.09. The van der Waals surface area contributed by atoms with E-state index < -0.39 is 0 Å². The third kappa shape index (κ3) is 3.74. The minimum absolute atomic E-state index is 0.0595. The third-order valence-electron chi connectivity index (χ3n) is 3.02. The highest BCUT2D eigenvalue weighted by molar-refractivity contribution is 5.81. The van der Waals surface area contributed by atoms with Crippen LogP contribution < -0.4 is 10.1 Å². The Morgan fingerprint density at radius 1 is 1.42 bits per heavy atom. The standard InChI is InChI=1S/C15H20N2O2/c1-3-4-11(2)17-15(18)10-19-13-5-6-14-12(9-13)7-8-16-14/h5-9,11,16H,3-4,10H2,1-2H3,(H,17,18). The predicted octanol–water partition coefficient (Wildman–Crippen LogP) is 2.85. The first-order valence-corrected chi connectivity index (χ1v) is 6.68. The number of aromatic nitrogens is 1. The molecule has 0 saturated heterocycles. The second kappa shape index (κ2) is 6.27. The van der Waals surface area contributed by atoms with Gasteiger partial charge in [0.1, 0.15) is 5.75 Å². The summed E-state index contributed by atoms with van der Waals surface area (Å²) in [5.41, 5.74) is 1.06. The maximum Gasteiger partial charge on any atom is 0.258 e. The summed E-state index contributed by atoms with van der Waals surface area (Å²) >= 11 is 0. The fourth-order valence-electron chi connectivity index (χ4n) is 2.09. The van der Waals surface area contributed by atoms with E-state index >= 15 is 0 Å². The summed E-state index contributed by atoms with van der Waals surface area (Å²) in [5.74, 6) is 0.639. The lowest BCUT2D eigenvalue weighted by Crippen LogP contribution is -2.35. The Bertz CT molecular complexity index is 548. The van der Waals surface area contributed by atoms with Crippen LogP contribution in [-0.4, -0.2) is 23.5 Å². The van der Waals surface area contributed by atoms with Gasteiger partial charge in [0.2, 0.25) is 0 Å². The normalized spacial score (nSPS) is 12.3. The molecule has 1 aromatic carbocycles. The van der Waals surface area contributed by atoms with Gasteiger partial charge in [0.25, 0.3) is 5.91 Å². The van der Waals surface area contributed by atoms with Crippen LogP contribution in [0.5, 0.6) is 5.75 Å². The second-order valence-electron chi connectivity index (χ2n) is 4.77. The number of nitrogens with one attached hydrogen (secondary N) is 2. The molecule has 1 atom stereocenters. The number of rotatable bonds is 6. The van der Waals surface area contributed by atoms with Crippen LogP contribution in [0.3, 0.4) is 0 Å². The van der Waals surface area contributed by atoms with Gasteiger partial charge in [0, 0.05) is 23.1 Å². The van der Waals surface area contributed by atoms with Gasteiger partial charge in [-0.25, -0.2) is 0 Å². The molecule has 0 radical (unpaired) electrons. The summed E-state index contributed by atoms with van der Waals surface area (Å²) in [7, 11) is 0. The molecule has 2 N–H and O–H groups in total. The van der Waals surface area contributed by atoms with E-state index in [4.69, 9.17) is 4.74 Å². The number of H-pyrrole nitrogens is 1. The molecule has 1 amide bonds. The Morgan fingerprint density at radius 2 is 2.26 bits per heavy atom. The molecule has 0 fully saturated rings. The Morgan fingerprint density at radius 3 is 3.05 bits per heavy atom. The van der Waals surface area contributed by atoms with Crippen molar-refractivity contribution in [1.82, 2.24) is 10.3 Å². The van der Waals surface area contributed by atoms with Gasteiger partial charge in [-0.3, -0.25) is 4.79 Å². The minimum Gasteiger partial charge on any atom is -0.484 e. The Kier molecular flexibility index (Phi) is 4.44. The van der Waals surface area contributed by atoms with E-state index in [1.807, 2.05) is 37.4 Å². The molecule has 0 aliphatic carbocycles. The molecule has 0 saturated carbocycles. The fraction of sp³-hybridized carbons (Fsp3) is 0.400. The number of carbonyl (C=O) groups is 1. The summed E-state index contributed by atoms with van der Waals surface area (Å²) in [5, 5.41) is 3.99.